The number of nitrogens with zero attached hydrogens (tertiary/aromatic N) is 1. The van der Waals surface area contributed by atoms with Crippen LogP contribution in [0.2, 0.25) is 0 Å². The van der Waals surface area contributed by atoms with E-state index in [1.165, 1.54) is 11.8 Å². The second kappa shape index (κ2) is 6.30. The molecule has 1 aliphatic heterocycles. The van der Waals surface area contributed by atoms with Crippen LogP contribution in [0.4, 0.5) is 5.69 Å². The predicted molar refractivity (Wildman–Crippen MR) is 78.3 cm³/mol. The van der Waals surface area contributed by atoms with E-state index in [4.69, 9.17) is 10.5 Å². The van der Waals surface area contributed by atoms with Crippen molar-refractivity contribution in [1.82, 2.24) is 4.90 Å². The molecule has 0 spiro atoms. The van der Waals surface area contributed by atoms with E-state index in [1.807, 2.05) is 36.9 Å². The minimum atomic E-state index is -0.122. The summed E-state index contributed by atoms with van der Waals surface area (Å²) in [5.74, 6) is 0.160. The molecule has 0 saturated carbocycles. The molecule has 1 fully saturated rings. The van der Waals surface area contributed by atoms with Crippen LogP contribution in [0.5, 0.6) is 0 Å². The SMILES string of the molecule is Cc1ccc(SC(C)C(=O)N2CCOCC2)c(N)c1. The minimum Gasteiger partial charge on any atom is -0.398 e. The molecule has 1 saturated heterocycles. The Kier molecular flexibility index (Phi) is 4.71. The van der Waals surface area contributed by atoms with Gasteiger partial charge in [0, 0.05) is 23.7 Å². The van der Waals surface area contributed by atoms with E-state index in [-0.39, 0.29) is 11.2 Å². The first-order chi connectivity index (χ1) is 9.08. The average Bonchev–Trinajstić information content (AvgIpc) is 2.42. The van der Waals surface area contributed by atoms with Gasteiger partial charge in [0.15, 0.2) is 0 Å². The lowest BCUT2D eigenvalue weighted by molar-refractivity contribution is -0.134. The van der Waals surface area contributed by atoms with Crippen molar-refractivity contribution in [2.75, 3.05) is 32.0 Å². The molecule has 0 aromatic heterocycles. The Morgan fingerprint density at radius 3 is 2.74 bits per heavy atom. The number of nitrogen functional groups attached to an aromatic ring is 1. The van der Waals surface area contributed by atoms with Gasteiger partial charge in [-0.3, -0.25) is 4.79 Å². The third-order valence-corrected chi connectivity index (χ3v) is 4.32. The number of anilines is 1. The number of ether oxygens (including phenoxy) is 1. The number of aryl methyl sites for hydroxylation is 1. The molecular weight excluding hydrogens is 260 g/mol. The van der Waals surface area contributed by atoms with E-state index in [9.17, 15) is 4.79 Å². The summed E-state index contributed by atoms with van der Waals surface area (Å²) in [7, 11) is 0. The highest BCUT2D eigenvalue weighted by atomic mass is 32.2. The second-order valence-corrected chi connectivity index (χ2v) is 6.12. The van der Waals surface area contributed by atoms with Gasteiger partial charge >= 0.3 is 0 Å². The van der Waals surface area contributed by atoms with Crippen molar-refractivity contribution in [1.29, 1.82) is 0 Å². The Balaban J connectivity index is 1.99. The summed E-state index contributed by atoms with van der Waals surface area (Å²) < 4.78 is 5.26. The van der Waals surface area contributed by atoms with E-state index >= 15 is 0 Å². The Labute approximate surface area is 118 Å². The van der Waals surface area contributed by atoms with E-state index in [1.54, 1.807) is 0 Å². The first kappa shape index (κ1) is 14.2. The number of thioether (sulfide) groups is 1. The molecule has 1 aromatic carbocycles. The minimum absolute atomic E-state index is 0.122. The Morgan fingerprint density at radius 2 is 2.11 bits per heavy atom. The first-order valence-electron chi connectivity index (χ1n) is 6.47. The largest absolute Gasteiger partial charge is 0.398 e. The summed E-state index contributed by atoms with van der Waals surface area (Å²) in [6.45, 7) is 6.58. The third-order valence-electron chi connectivity index (χ3n) is 3.14. The van der Waals surface area contributed by atoms with E-state index in [2.05, 4.69) is 0 Å². The maximum absolute atomic E-state index is 12.3. The summed E-state index contributed by atoms with van der Waals surface area (Å²) in [5.41, 5.74) is 7.86. The number of carbonyl (C=O) groups excluding carboxylic acids is 1. The van der Waals surface area contributed by atoms with Crippen molar-refractivity contribution in [2.24, 2.45) is 0 Å². The van der Waals surface area contributed by atoms with Crippen LogP contribution in [0.15, 0.2) is 23.1 Å². The third kappa shape index (κ3) is 3.64. The smallest absolute Gasteiger partial charge is 0.235 e. The van der Waals surface area contributed by atoms with Gasteiger partial charge in [0.1, 0.15) is 0 Å². The fourth-order valence-corrected chi connectivity index (χ4v) is 3.03. The molecule has 0 radical (unpaired) electrons. The van der Waals surface area contributed by atoms with Gasteiger partial charge in [0.2, 0.25) is 5.91 Å². The quantitative estimate of drug-likeness (QED) is 0.679. The van der Waals surface area contributed by atoms with Crippen LogP contribution in [0.1, 0.15) is 12.5 Å². The second-order valence-electron chi connectivity index (χ2n) is 4.74. The van der Waals surface area contributed by atoms with Crippen LogP contribution in [0, 0.1) is 6.92 Å². The van der Waals surface area contributed by atoms with Crippen molar-refractivity contribution >= 4 is 23.4 Å². The zero-order valence-corrected chi connectivity index (χ0v) is 12.2. The van der Waals surface area contributed by atoms with Crippen LogP contribution in [-0.4, -0.2) is 42.4 Å². The summed E-state index contributed by atoms with van der Waals surface area (Å²) in [4.78, 5) is 15.1. The molecule has 2 N–H and O–H groups in total. The number of carbonyl (C=O) groups is 1. The molecular formula is C14H20N2O2S. The molecule has 104 valence electrons. The highest BCUT2D eigenvalue weighted by Gasteiger charge is 2.23. The fourth-order valence-electron chi connectivity index (χ4n) is 2.06. The highest BCUT2D eigenvalue weighted by Crippen LogP contribution is 2.30. The number of hydrogen-bond donors (Lipinski definition) is 1. The number of hydrogen-bond acceptors (Lipinski definition) is 4. The van der Waals surface area contributed by atoms with Crippen LogP contribution < -0.4 is 5.73 Å². The van der Waals surface area contributed by atoms with Crippen molar-refractivity contribution in [3.8, 4) is 0 Å². The lowest BCUT2D eigenvalue weighted by Crippen LogP contribution is -2.44. The molecule has 1 aliphatic rings. The maximum atomic E-state index is 12.3. The van der Waals surface area contributed by atoms with Gasteiger partial charge < -0.3 is 15.4 Å². The fraction of sp³-hybridized carbons (Fsp3) is 0.500. The molecule has 1 heterocycles. The molecule has 1 atom stereocenters. The Hall–Kier alpha value is -1.20. The molecule has 1 unspecified atom stereocenters. The lowest BCUT2D eigenvalue weighted by atomic mass is 10.2. The van der Waals surface area contributed by atoms with Gasteiger partial charge in [0.25, 0.3) is 0 Å². The Bertz CT molecular complexity index is 459. The zero-order chi connectivity index (χ0) is 13.8. The first-order valence-corrected chi connectivity index (χ1v) is 7.35. The van der Waals surface area contributed by atoms with E-state index in [0.717, 1.165) is 16.1 Å². The summed E-state index contributed by atoms with van der Waals surface area (Å²) in [6, 6.07) is 5.94. The average molecular weight is 280 g/mol. The summed E-state index contributed by atoms with van der Waals surface area (Å²) >= 11 is 1.52. The van der Waals surface area contributed by atoms with Crippen molar-refractivity contribution in [2.45, 2.75) is 24.0 Å². The van der Waals surface area contributed by atoms with Gasteiger partial charge in [0.05, 0.1) is 18.5 Å². The molecule has 4 nitrogen and oxygen atoms in total. The standard InChI is InChI=1S/C14H20N2O2S/c1-10-3-4-13(12(15)9-10)19-11(2)14(17)16-5-7-18-8-6-16/h3-4,9,11H,5-8,15H2,1-2H3. The molecule has 2 rings (SSSR count). The molecule has 0 bridgehead atoms. The predicted octanol–water partition coefficient (Wildman–Crippen LogP) is 1.92. The number of amides is 1. The molecule has 1 amide bonds. The van der Waals surface area contributed by atoms with Crippen LogP contribution in [0.3, 0.4) is 0 Å². The summed E-state index contributed by atoms with van der Waals surface area (Å²) in [6.07, 6.45) is 0. The van der Waals surface area contributed by atoms with Gasteiger partial charge in [-0.05, 0) is 31.5 Å². The van der Waals surface area contributed by atoms with Crippen LogP contribution in [-0.2, 0) is 9.53 Å². The van der Waals surface area contributed by atoms with E-state index < -0.39 is 0 Å². The number of morpholine rings is 1. The van der Waals surface area contributed by atoms with Crippen molar-refractivity contribution in [3.05, 3.63) is 23.8 Å². The Morgan fingerprint density at radius 1 is 1.42 bits per heavy atom. The molecule has 19 heavy (non-hydrogen) atoms. The monoisotopic (exact) mass is 280 g/mol. The van der Waals surface area contributed by atoms with E-state index in [0.29, 0.717) is 26.3 Å². The van der Waals surface area contributed by atoms with Crippen molar-refractivity contribution in [3.63, 3.8) is 0 Å². The normalized spacial score (nSPS) is 17.3. The number of rotatable bonds is 3. The zero-order valence-electron chi connectivity index (χ0n) is 11.4. The molecule has 0 aliphatic carbocycles. The van der Waals surface area contributed by atoms with Gasteiger partial charge in [-0.2, -0.15) is 0 Å². The van der Waals surface area contributed by atoms with Crippen molar-refractivity contribution < 1.29 is 9.53 Å². The van der Waals surface area contributed by atoms with Crippen LogP contribution >= 0.6 is 11.8 Å². The van der Waals surface area contributed by atoms with Gasteiger partial charge in [-0.1, -0.05) is 6.07 Å². The molecule has 5 heteroatoms. The van der Waals surface area contributed by atoms with Gasteiger partial charge in [-0.25, -0.2) is 0 Å². The topological polar surface area (TPSA) is 55.6 Å². The number of nitrogens with two attached hydrogens (primary N) is 1. The van der Waals surface area contributed by atoms with Gasteiger partial charge in [-0.15, -0.1) is 11.8 Å². The maximum Gasteiger partial charge on any atom is 0.235 e. The lowest BCUT2D eigenvalue weighted by Gasteiger charge is -2.29. The van der Waals surface area contributed by atoms with Crippen LogP contribution in [0.25, 0.3) is 0 Å². The summed E-state index contributed by atoms with van der Waals surface area (Å²) in [5, 5.41) is -0.122. The number of benzene rings is 1. The molecule has 1 aromatic rings. The highest BCUT2D eigenvalue weighted by molar-refractivity contribution is 8.00.